The van der Waals surface area contributed by atoms with Crippen LogP contribution >= 0.6 is 34.8 Å². The lowest BCUT2D eigenvalue weighted by molar-refractivity contribution is -0.150. The smallest absolute Gasteiger partial charge is 0.344 e. The molecule has 28 heavy (non-hydrogen) atoms. The molecule has 0 aliphatic carbocycles. The molecule has 2 aromatic rings. The minimum Gasteiger partial charge on any atom is -0.480 e. The first-order valence-corrected chi connectivity index (χ1v) is 9.03. The third kappa shape index (κ3) is 7.26. The minimum absolute atomic E-state index is 0.137. The Kier molecular flexibility index (Phi) is 8.38. The SMILES string of the molecule is O=C(COC(=O)COc1cc(Cl)c(Cl)cc1Cl)NC(=O)NCc1ccccc1. The predicted octanol–water partition coefficient (Wildman–Crippen LogP) is 3.59. The molecule has 2 rings (SSSR count). The van der Waals surface area contributed by atoms with Crippen molar-refractivity contribution in [3.8, 4) is 5.75 Å². The molecule has 148 valence electrons. The molecular formula is C18H15Cl3N2O5. The van der Waals surface area contributed by atoms with Crippen molar-refractivity contribution in [3.63, 3.8) is 0 Å². The van der Waals surface area contributed by atoms with Gasteiger partial charge in [0.2, 0.25) is 0 Å². The number of carbonyl (C=O) groups excluding carboxylic acids is 3. The van der Waals surface area contributed by atoms with Gasteiger partial charge in [0.25, 0.3) is 5.91 Å². The molecule has 0 saturated carbocycles. The Morgan fingerprint density at radius 1 is 0.893 bits per heavy atom. The van der Waals surface area contributed by atoms with Crippen LogP contribution in [0.15, 0.2) is 42.5 Å². The van der Waals surface area contributed by atoms with Crippen LogP contribution in [0.5, 0.6) is 5.75 Å². The monoisotopic (exact) mass is 444 g/mol. The quantitative estimate of drug-likeness (QED) is 0.502. The van der Waals surface area contributed by atoms with Gasteiger partial charge in [0.15, 0.2) is 13.2 Å². The molecule has 3 amide bonds. The number of hydrogen-bond acceptors (Lipinski definition) is 5. The molecule has 7 nitrogen and oxygen atoms in total. The summed E-state index contributed by atoms with van der Waals surface area (Å²) in [5.74, 6) is -1.48. The molecule has 0 fully saturated rings. The highest BCUT2D eigenvalue weighted by atomic mass is 35.5. The number of imide groups is 1. The Morgan fingerprint density at radius 2 is 1.57 bits per heavy atom. The van der Waals surface area contributed by atoms with Crippen LogP contribution in [-0.2, 0) is 20.9 Å². The Morgan fingerprint density at radius 3 is 2.29 bits per heavy atom. The molecule has 2 N–H and O–H groups in total. The summed E-state index contributed by atoms with van der Waals surface area (Å²) in [6.45, 7) is -0.904. The number of carbonyl (C=O) groups is 3. The topological polar surface area (TPSA) is 93.7 Å². The fourth-order valence-electron chi connectivity index (χ4n) is 1.92. The summed E-state index contributed by atoms with van der Waals surface area (Å²) in [5, 5.41) is 5.15. The Balaban J connectivity index is 1.68. The number of esters is 1. The Labute approximate surface area is 175 Å². The van der Waals surface area contributed by atoms with Crippen LogP contribution in [0.3, 0.4) is 0 Å². The zero-order chi connectivity index (χ0) is 20.5. The van der Waals surface area contributed by atoms with E-state index in [2.05, 4.69) is 5.32 Å². The van der Waals surface area contributed by atoms with Crippen molar-refractivity contribution < 1.29 is 23.9 Å². The average molecular weight is 446 g/mol. The van der Waals surface area contributed by atoms with Crippen LogP contribution in [0.1, 0.15) is 5.56 Å². The summed E-state index contributed by atoms with van der Waals surface area (Å²) in [7, 11) is 0. The molecular weight excluding hydrogens is 431 g/mol. The van der Waals surface area contributed by atoms with Gasteiger partial charge in [-0.2, -0.15) is 0 Å². The molecule has 10 heteroatoms. The van der Waals surface area contributed by atoms with Gasteiger partial charge >= 0.3 is 12.0 Å². The van der Waals surface area contributed by atoms with E-state index in [0.717, 1.165) is 5.56 Å². The van der Waals surface area contributed by atoms with Gasteiger partial charge in [0, 0.05) is 12.6 Å². The number of amides is 3. The van der Waals surface area contributed by atoms with E-state index in [4.69, 9.17) is 44.3 Å². The molecule has 2 aromatic carbocycles. The van der Waals surface area contributed by atoms with E-state index < -0.39 is 31.1 Å². The van der Waals surface area contributed by atoms with Gasteiger partial charge in [-0.3, -0.25) is 10.1 Å². The summed E-state index contributed by atoms with van der Waals surface area (Å²) in [4.78, 5) is 34.9. The first-order valence-electron chi connectivity index (χ1n) is 7.89. The van der Waals surface area contributed by atoms with Gasteiger partial charge < -0.3 is 14.8 Å². The van der Waals surface area contributed by atoms with Crippen molar-refractivity contribution in [3.05, 3.63) is 63.1 Å². The highest BCUT2D eigenvalue weighted by molar-refractivity contribution is 6.43. The van der Waals surface area contributed by atoms with Crippen molar-refractivity contribution in [1.82, 2.24) is 10.6 Å². The van der Waals surface area contributed by atoms with Crippen molar-refractivity contribution in [2.75, 3.05) is 13.2 Å². The molecule has 0 spiro atoms. The highest BCUT2D eigenvalue weighted by Crippen LogP contribution is 2.33. The molecule has 0 unspecified atom stereocenters. The highest BCUT2D eigenvalue weighted by Gasteiger charge is 2.13. The van der Waals surface area contributed by atoms with Crippen molar-refractivity contribution in [2.45, 2.75) is 6.54 Å². The molecule has 0 heterocycles. The maximum atomic E-state index is 11.7. The number of hydrogen-bond donors (Lipinski definition) is 2. The molecule has 0 aliphatic heterocycles. The normalized spacial score (nSPS) is 10.1. The van der Waals surface area contributed by atoms with Crippen LogP contribution in [-0.4, -0.2) is 31.1 Å². The third-order valence-electron chi connectivity index (χ3n) is 3.23. The second-order valence-corrected chi connectivity index (χ2v) is 6.58. The zero-order valence-corrected chi connectivity index (χ0v) is 16.6. The van der Waals surface area contributed by atoms with Gasteiger partial charge in [-0.1, -0.05) is 65.1 Å². The lowest BCUT2D eigenvalue weighted by Crippen LogP contribution is -2.41. The Bertz CT molecular complexity index is 862. The van der Waals surface area contributed by atoms with Gasteiger partial charge in [-0.15, -0.1) is 0 Å². The fraction of sp³-hybridized carbons (Fsp3) is 0.167. The van der Waals surface area contributed by atoms with E-state index >= 15 is 0 Å². The minimum atomic E-state index is -0.831. The standard InChI is InChI=1S/C18H15Cl3N2O5/c19-12-6-14(21)15(7-13(12)20)27-10-17(25)28-9-16(24)23-18(26)22-8-11-4-2-1-3-5-11/h1-7H,8-10H2,(H2,22,23,24,26). The second-order valence-electron chi connectivity index (χ2n) is 5.36. The van der Waals surface area contributed by atoms with E-state index in [0.29, 0.717) is 0 Å². The maximum Gasteiger partial charge on any atom is 0.344 e. The van der Waals surface area contributed by atoms with E-state index in [1.165, 1.54) is 12.1 Å². The largest absolute Gasteiger partial charge is 0.480 e. The summed E-state index contributed by atoms with van der Waals surface area (Å²) in [6.07, 6.45) is 0. The molecule has 0 saturated heterocycles. The third-order valence-corrected chi connectivity index (χ3v) is 4.25. The number of urea groups is 1. The summed E-state index contributed by atoms with van der Waals surface area (Å²) in [5.41, 5.74) is 0.870. The summed E-state index contributed by atoms with van der Waals surface area (Å²) in [6, 6.07) is 11.2. The number of halogens is 3. The van der Waals surface area contributed by atoms with Crippen LogP contribution in [0.2, 0.25) is 15.1 Å². The van der Waals surface area contributed by atoms with Gasteiger partial charge in [-0.25, -0.2) is 9.59 Å². The number of benzene rings is 2. The summed E-state index contributed by atoms with van der Waals surface area (Å²) < 4.78 is 9.90. The van der Waals surface area contributed by atoms with Crippen molar-refractivity contribution >= 4 is 52.7 Å². The van der Waals surface area contributed by atoms with Crippen molar-refractivity contribution in [2.24, 2.45) is 0 Å². The predicted molar refractivity (Wildman–Crippen MR) is 105 cm³/mol. The van der Waals surface area contributed by atoms with Crippen LogP contribution in [0, 0.1) is 0 Å². The van der Waals surface area contributed by atoms with Crippen LogP contribution in [0.25, 0.3) is 0 Å². The molecule has 0 bridgehead atoms. The lowest BCUT2D eigenvalue weighted by Gasteiger charge is -2.10. The van der Waals surface area contributed by atoms with Gasteiger partial charge in [-0.05, 0) is 11.6 Å². The number of rotatable bonds is 7. The van der Waals surface area contributed by atoms with E-state index in [-0.39, 0.29) is 27.4 Å². The zero-order valence-electron chi connectivity index (χ0n) is 14.3. The van der Waals surface area contributed by atoms with E-state index in [1.807, 2.05) is 35.6 Å². The van der Waals surface area contributed by atoms with E-state index in [1.54, 1.807) is 0 Å². The first-order chi connectivity index (χ1) is 13.3. The number of ether oxygens (including phenoxy) is 2. The van der Waals surface area contributed by atoms with Gasteiger partial charge in [0.1, 0.15) is 5.75 Å². The fourth-order valence-corrected chi connectivity index (χ4v) is 2.52. The molecule has 0 radical (unpaired) electrons. The second kappa shape index (κ2) is 10.8. The lowest BCUT2D eigenvalue weighted by atomic mass is 10.2. The van der Waals surface area contributed by atoms with Crippen LogP contribution in [0.4, 0.5) is 4.79 Å². The van der Waals surface area contributed by atoms with Gasteiger partial charge in [0.05, 0.1) is 15.1 Å². The average Bonchev–Trinajstić information content (AvgIpc) is 2.67. The first kappa shape index (κ1) is 21.8. The molecule has 0 aromatic heterocycles. The van der Waals surface area contributed by atoms with Crippen molar-refractivity contribution in [1.29, 1.82) is 0 Å². The summed E-state index contributed by atoms with van der Waals surface area (Å²) >= 11 is 17.5. The number of nitrogens with one attached hydrogen (secondary N) is 2. The molecule has 0 atom stereocenters. The maximum absolute atomic E-state index is 11.7. The van der Waals surface area contributed by atoms with Crippen LogP contribution < -0.4 is 15.4 Å². The van der Waals surface area contributed by atoms with E-state index in [9.17, 15) is 14.4 Å². The molecule has 0 aliphatic rings. The Hall–Kier alpha value is -2.48.